The van der Waals surface area contributed by atoms with Gasteiger partial charge in [-0.2, -0.15) is 0 Å². The highest BCUT2D eigenvalue weighted by molar-refractivity contribution is 9.09. The molecule has 0 aliphatic rings. The van der Waals surface area contributed by atoms with E-state index in [2.05, 4.69) is 22.5 Å². The van der Waals surface area contributed by atoms with E-state index >= 15 is 0 Å². The number of alkyl halides is 1. The Morgan fingerprint density at radius 1 is 1.50 bits per heavy atom. The van der Waals surface area contributed by atoms with Crippen molar-refractivity contribution in [2.75, 3.05) is 18.5 Å². The van der Waals surface area contributed by atoms with Crippen molar-refractivity contribution in [2.45, 2.75) is 32.7 Å². The highest BCUT2D eigenvalue weighted by Gasteiger charge is 2.27. The second kappa shape index (κ2) is 7.26. The molecule has 1 unspecified atom stereocenters. The first-order valence-electron chi connectivity index (χ1n) is 4.64. The summed E-state index contributed by atoms with van der Waals surface area (Å²) in [6, 6.07) is 0. The van der Waals surface area contributed by atoms with Crippen LogP contribution >= 0.6 is 15.9 Å². The molecular formula is C10H19BrO3. The molecule has 4 heteroatoms. The molecular weight excluding hydrogens is 248 g/mol. The first-order chi connectivity index (χ1) is 6.54. The zero-order chi connectivity index (χ0) is 11.0. The molecule has 0 aliphatic heterocycles. The maximum Gasteiger partial charge on any atom is 0.200 e. The summed E-state index contributed by atoms with van der Waals surface area (Å²) < 4.78 is 16.3. The van der Waals surface area contributed by atoms with Crippen LogP contribution in [-0.4, -0.2) is 30.4 Å². The van der Waals surface area contributed by atoms with E-state index < -0.39 is 5.79 Å². The molecule has 3 nitrogen and oxygen atoms in total. The van der Waals surface area contributed by atoms with E-state index in [4.69, 9.17) is 14.2 Å². The topological polar surface area (TPSA) is 27.7 Å². The molecule has 0 heterocycles. The Bertz CT molecular complexity index is 161. The van der Waals surface area contributed by atoms with E-state index in [0.717, 1.165) is 5.33 Å². The average Bonchev–Trinajstić information content (AvgIpc) is 2.11. The van der Waals surface area contributed by atoms with Gasteiger partial charge in [-0.1, -0.05) is 22.5 Å². The summed E-state index contributed by atoms with van der Waals surface area (Å²) in [7, 11) is 0. The van der Waals surface area contributed by atoms with Crippen LogP contribution in [0.4, 0.5) is 0 Å². The SMILES string of the molecule is C=COCC(C)(OCCBr)OC(C)C. The summed E-state index contributed by atoms with van der Waals surface area (Å²) in [6.07, 6.45) is 1.49. The van der Waals surface area contributed by atoms with Gasteiger partial charge in [-0.05, 0) is 20.8 Å². The van der Waals surface area contributed by atoms with Gasteiger partial charge < -0.3 is 14.2 Å². The first-order valence-corrected chi connectivity index (χ1v) is 5.76. The lowest BCUT2D eigenvalue weighted by Gasteiger charge is -2.30. The van der Waals surface area contributed by atoms with Crippen LogP contribution in [0.2, 0.25) is 0 Å². The van der Waals surface area contributed by atoms with Gasteiger partial charge in [-0.25, -0.2) is 0 Å². The molecule has 14 heavy (non-hydrogen) atoms. The molecule has 0 amide bonds. The number of hydrogen-bond acceptors (Lipinski definition) is 3. The van der Waals surface area contributed by atoms with E-state index in [-0.39, 0.29) is 6.10 Å². The van der Waals surface area contributed by atoms with Gasteiger partial charge in [0.15, 0.2) is 5.79 Å². The van der Waals surface area contributed by atoms with E-state index in [9.17, 15) is 0 Å². The van der Waals surface area contributed by atoms with Gasteiger partial charge in [0.2, 0.25) is 0 Å². The number of hydrogen-bond donors (Lipinski definition) is 0. The first kappa shape index (κ1) is 13.9. The maximum absolute atomic E-state index is 5.63. The van der Waals surface area contributed by atoms with E-state index in [1.807, 2.05) is 20.8 Å². The fraction of sp³-hybridized carbons (Fsp3) is 0.800. The van der Waals surface area contributed by atoms with Crippen molar-refractivity contribution in [3.63, 3.8) is 0 Å². The molecule has 0 saturated heterocycles. The minimum Gasteiger partial charge on any atom is -0.496 e. The van der Waals surface area contributed by atoms with Crippen molar-refractivity contribution in [1.29, 1.82) is 0 Å². The molecule has 0 fully saturated rings. The van der Waals surface area contributed by atoms with Crippen molar-refractivity contribution in [3.8, 4) is 0 Å². The van der Waals surface area contributed by atoms with Crippen LogP contribution in [0, 0.1) is 0 Å². The molecule has 0 rings (SSSR count). The quantitative estimate of drug-likeness (QED) is 0.384. The summed E-state index contributed by atoms with van der Waals surface area (Å²) in [4.78, 5) is 0. The molecule has 0 aromatic heterocycles. The van der Waals surface area contributed by atoms with Gasteiger partial charge in [0.25, 0.3) is 0 Å². The minimum absolute atomic E-state index is 0.101. The fourth-order valence-electron chi connectivity index (χ4n) is 1.07. The molecule has 1 atom stereocenters. The average molecular weight is 267 g/mol. The van der Waals surface area contributed by atoms with Crippen molar-refractivity contribution in [1.82, 2.24) is 0 Å². The smallest absolute Gasteiger partial charge is 0.200 e. The third-order valence-electron chi connectivity index (χ3n) is 1.43. The molecule has 0 radical (unpaired) electrons. The predicted octanol–water partition coefficient (Wildman–Crippen LogP) is 2.70. The van der Waals surface area contributed by atoms with Crippen LogP contribution in [0.1, 0.15) is 20.8 Å². The van der Waals surface area contributed by atoms with E-state index in [0.29, 0.717) is 13.2 Å². The zero-order valence-corrected chi connectivity index (χ0v) is 10.7. The molecule has 0 aromatic rings. The Morgan fingerprint density at radius 3 is 2.57 bits per heavy atom. The van der Waals surface area contributed by atoms with Crippen molar-refractivity contribution < 1.29 is 14.2 Å². The highest BCUT2D eigenvalue weighted by atomic mass is 79.9. The molecule has 0 aromatic carbocycles. The summed E-state index contributed by atoms with van der Waals surface area (Å²) in [5.74, 6) is -0.698. The summed E-state index contributed by atoms with van der Waals surface area (Å²) >= 11 is 3.29. The number of ether oxygens (including phenoxy) is 3. The summed E-state index contributed by atoms with van der Waals surface area (Å²) in [5, 5.41) is 0.776. The van der Waals surface area contributed by atoms with Crippen molar-refractivity contribution >= 4 is 15.9 Å². The van der Waals surface area contributed by atoms with Crippen LogP contribution in [0.25, 0.3) is 0 Å². The third-order valence-corrected chi connectivity index (χ3v) is 1.76. The Balaban J connectivity index is 4.09. The van der Waals surface area contributed by atoms with Crippen LogP contribution in [0.5, 0.6) is 0 Å². The Hall–Kier alpha value is -0.0600. The molecule has 0 aliphatic carbocycles. The second-order valence-electron chi connectivity index (χ2n) is 3.32. The molecule has 84 valence electrons. The molecule has 0 spiro atoms. The van der Waals surface area contributed by atoms with Crippen molar-refractivity contribution in [2.24, 2.45) is 0 Å². The fourth-order valence-corrected chi connectivity index (χ4v) is 1.23. The molecule has 0 N–H and O–H groups in total. The van der Waals surface area contributed by atoms with Gasteiger partial charge in [-0.15, -0.1) is 0 Å². The van der Waals surface area contributed by atoms with Crippen LogP contribution in [0.15, 0.2) is 12.8 Å². The third kappa shape index (κ3) is 6.40. The Morgan fingerprint density at radius 2 is 2.14 bits per heavy atom. The minimum atomic E-state index is -0.698. The monoisotopic (exact) mass is 266 g/mol. The maximum atomic E-state index is 5.63. The van der Waals surface area contributed by atoms with Gasteiger partial charge in [0.05, 0.1) is 19.0 Å². The largest absolute Gasteiger partial charge is 0.496 e. The lowest BCUT2D eigenvalue weighted by molar-refractivity contribution is -0.256. The standard InChI is InChI=1S/C10H19BrO3/c1-5-12-8-10(4,13-7-6-11)14-9(2)3/h5,9H,1,6-8H2,2-4H3. The van der Waals surface area contributed by atoms with E-state index in [1.165, 1.54) is 6.26 Å². The Kier molecular flexibility index (Phi) is 7.23. The lowest BCUT2D eigenvalue weighted by Crippen LogP contribution is -2.40. The Labute approximate surface area is 94.5 Å². The zero-order valence-electron chi connectivity index (χ0n) is 9.09. The van der Waals surface area contributed by atoms with E-state index in [1.54, 1.807) is 0 Å². The van der Waals surface area contributed by atoms with Crippen molar-refractivity contribution in [3.05, 3.63) is 12.8 Å². The van der Waals surface area contributed by atoms with Crippen LogP contribution in [0.3, 0.4) is 0 Å². The van der Waals surface area contributed by atoms with Crippen LogP contribution < -0.4 is 0 Å². The predicted molar refractivity (Wildman–Crippen MR) is 60.5 cm³/mol. The summed E-state index contributed by atoms with van der Waals surface area (Å²) in [5.41, 5.74) is 0. The van der Waals surface area contributed by atoms with Gasteiger partial charge in [0.1, 0.15) is 6.61 Å². The normalized spacial score (nSPS) is 15.2. The molecule has 0 saturated carbocycles. The van der Waals surface area contributed by atoms with Crippen LogP contribution in [-0.2, 0) is 14.2 Å². The lowest BCUT2D eigenvalue weighted by atomic mass is 10.3. The highest BCUT2D eigenvalue weighted by Crippen LogP contribution is 2.16. The van der Waals surface area contributed by atoms with Gasteiger partial charge >= 0.3 is 0 Å². The second-order valence-corrected chi connectivity index (χ2v) is 4.11. The van der Waals surface area contributed by atoms with Gasteiger partial charge in [0, 0.05) is 5.33 Å². The molecule has 0 bridgehead atoms. The van der Waals surface area contributed by atoms with Gasteiger partial charge in [-0.3, -0.25) is 0 Å². The summed E-state index contributed by atoms with van der Waals surface area (Å²) in [6.45, 7) is 10.2. The number of halogens is 1. The number of rotatable bonds is 8.